The minimum Gasteiger partial charge on any atom is -0.481 e. The molecule has 0 aromatic carbocycles. The minimum absolute atomic E-state index is 0.0505. The largest absolute Gasteiger partial charge is 0.481 e. The highest BCUT2D eigenvalue weighted by Gasteiger charge is 2.51. The Labute approximate surface area is 121 Å². The second kappa shape index (κ2) is 4.75. The quantitative estimate of drug-likeness (QED) is 0.861. The highest BCUT2D eigenvalue weighted by atomic mass is 79.9. The van der Waals surface area contributed by atoms with Crippen molar-refractivity contribution in [2.24, 2.45) is 5.92 Å². The number of urea groups is 1. The third kappa shape index (κ3) is 2.23. The lowest BCUT2D eigenvalue weighted by atomic mass is 9.89. The average molecular weight is 346 g/mol. The Morgan fingerprint density at radius 2 is 2.32 bits per heavy atom. The van der Waals surface area contributed by atoms with Crippen LogP contribution >= 0.6 is 27.3 Å². The zero-order valence-corrected chi connectivity index (χ0v) is 12.3. The van der Waals surface area contributed by atoms with Crippen LogP contribution in [-0.4, -0.2) is 39.1 Å². The van der Waals surface area contributed by atoms with Crippen LogP contribution in [0.2, 0.25) is 0 Å². The number of carbonyl (C=O) groups excluding carboxylic acids is 1. The lowest BCUT2D eigenvalue weighted by molar-refractivity contribution is -0.142. The number of nitrogens with zero attached hydrogens (tertiary/aromatic N) is 2. The molecule has 2 aliphatic rings. The number of anilines is 1. The molecular weight excluding hydrogens is 334 g/mol. The highest BCUT2D eigenvalue weighted by molar-refractivity contribution is 9.11. The van der Waals surface area contributed by atoms with Gasteiger partial charge < -0.3 is 10.0 Å². The van der Waals surface area contributed by atoms with Gasteiger partial charge in [-0.05, 0) is 35.2 Å². The normalized spacial score (nSPS) is 28.7. The van der Waals surface area contributed by atoms with Crippen LogP contribution in [0.1, 0.15) is 19.3 Å². The smallest absolute Gasteiger partial charge is 0.324 e. The van der Waals surface area contributed by atoms with Crippen LogP contribution in [0.5, 0.6) is 0 Å². The van der Waals surface area contributed by atoms with Crippen molar-refractivity contribution in [1.29, 1.82) is 0 Å². The van der Waals surface area contributed by atoms with Crippen molar-refractivity contribution in [2.45, 2.75) is 31.3 Å². The summed E-state index contributed by atoms with van der Waals surface area (Å²) in [6.45, 7) is 0. The highest BCUT2D eigenvalue weighted by Crippen LogP contribution is 2.42. The summed E-state index contributed by atoms with van der Waals surface area (Å²) >= 11 is 4.62. The first-order chi connectivity index (χ1) is 9.06. The molecule has 8 heteroatoms. The maximum absolute atomic E-state index is 12.2. The Balaban J connectivity index is 1.72. The number of hydrogen-bond donors (Lipinski definition) is 2. The molecule has 0 aliphatic carbocycles. The number of aromatic nitrogens is 1. The summed E-state index contributed by atoms with van der Waals surface area (Å²) in [6.07, 6.45) is 3.86. The van der Waals surface area contributed by atoms with Crippen LogP contribution in [0.25, 0.3) is 0 Å². The van der Waals surface area contributed by atoms with Gasteiger partial charge in [0.05, 0.1) is 15.9 Å². The SMILES string of the molecule is O=C(O)C1CC2CCC1N2C(=O)Nc1ncc(Br)s1. The molecule has 3 heterocycles. The van der Waals surface area contributed by atoms with E-state index in [4.69, 9.17) is 5.11 Å². The van der Waals surface area contributed by atoms with Crippen LogP contribution < -0.4 is 5.32 Å². The van der Waals surface area contributed by atoms with Crippen molar-refractivity contribution in [3.63, 3.8) is 0 Å². The van der Waals surface area contributed by atoms with Crippen molar-refractivity contribution in [2.75, 3.05) is 5.32 Å². The topological polar surface area (TPSA) is 82.5 Å². The van der Waals surface area contributed by atoms with Crippen molar-refractivity contribution >= 4 is 44.4 Å². The maximum atomic E-state index is 12.2. The van der Waals surface area contributed by atoms with Gasteiger partial charge in [-0.15, -0.1) is 0 Å². The molecule has 3 rings (SSSR count). The number of carbonyl (C=O) groups is 2. The van der Waals surface area contributed by atoms with E-state index < -0.39 is 11.9 Å². The molecular formula is C11H12BrN3O3S. The monoisotopic (exact) mass is 345 g/mol. The number of amides is 2. The zero-order valence-electron chi connectivity index (χ0n) is 9.88. The molecule has 2 aliphatic heterocycles. The van der Waals surface area contributed by atoms with Gasteiger partial charge in [-0.3, -0.25) is 10.1 Å². The van der Waals surface area contributed by atoms with Crippen LogP contribution in [0.4, 0.5) is 9.93 Å². The molecule has 2 saturated heterocycles. The van der Waals surface area contributed by atoms with Gasteiger partial charge in [0.25, 0.3) is 0 Å². The van der Waals surface area contributed by atoms with Gasteiger partial charge in [0.1, 0.15) is 0 Å². The second-order valence-corrected chi connectivity index (χ2v) is 7.20. The lowest BCUT2D eigenvalue weighted by Crippen LogP contribution is -2.40. The number of nitrogens with one attached hydrogen (secondary N) is 1. The Morgan fingerprint density at radius 3 is 2.89 bits per heavy atom. The van der Waals surface area contributed by atoms with E-state index in [1.807, 2.05) is 0 Å². The number of fused-ring (bicyclic) bond motifs is 2. The summed E-state index contributed by atoms with van der Waals surface area (Å²) in [4.78, 5) is 29.1. The molecule has 6 nitrogen and oxygen atoms in total. The van der Waals surface area contributed by atoms with Crippen molar-refractivity contribution < 1.29 is 14.7 Å². The maximum Gasteiger partial charge on any atom is 0.324 e. The van der Waals surface area contributed by atoms with E-state index in [1.54, 1.807) is 11.1 Å². The lowest BCUT2D eigenvalue weighted by Gasteiger charge is -2.22. The first kappa shape index (κ1) is 12.9. The molecule has 2 fully saturated rings. The van der Waals surface area contributed by atoms with E-state index in [-0.39, 0.29) is 18.1 Å². The van der Waals surface area contributed by atoms with E-state index in [2.05, 4.69) is 26.2 Å². The predicted octanol–water partition coefficient (Wildman–Crippen LogP) is 2.38. The molecule has 0 saturated carbocycles. The summed E-state index contributed by atoms with van der Waals surface area (Å²) in [7, 11) is 0. The predicted molar refractivity (Wildman–Crippen MR) is 73.2 cm³/mol. The molecule has 3 unspecified atom stereocenters. The molecule has 2 N–H and O–H groups in total. The van der Waals surface area contributed by atoms with Gasteiger partial charge in [0.2, 0.25) is 0 Å². The number of rotatable bonds is 2. The zero-order chi connectivity index (χ0) is 13.6. The van der Waals surface area contributed by atoms with Crippen LogP contribution in [-0.2, 0) is 4.79 Å². The number of aliphatic carboxylic acids is 1. The van der Waals surface area contributed by atoms with E-state index in [1.165, 1.54) is 11.3 Å². The van der Waals surface area contributed by atoms with Crippen LogP contribution in [0.15, 0.2) is 9.98 Å². The van der Waals surface area contributed by atoms with Crippen molar-refractivity contribution in [3.8, 4) is 0 Å². The third-order valence-corrected chi connectivity index (χ3v) is 5.17. The van der Waals surface area contributed by atoms with Crippen molar-refractivity contribution in [1.82, 2.24) is 9.88 Å². The van der Waals surface area contributed by atoms with Crippen molar-refractivity contribution in [3.05, 3.63) is 9.98 Å². The summed E-state index contributed by atoms with van der Waals surface area (Å²) in [5, 5.41) is 12.4. The number of carboxylic acid groups (broad SMARTS) is 1. The molecule has 19 heavy (non-hydrogen) atoms. The molecule has 102 valence electrons. The first-order valence-corrected chi connectivity index (χ1v) is 7.60. The Hall–Kier alpha value is -1.15. The minimum atomic E-state index is -0.804. The first-order valence-electron chi connectivity index (χ1n) is 5.99. The molecule has 0 spiro atoms. The second-order valence-electron chi connectivity index (χ2n) is 4.79. The number of hydrogen-bond acceptors (Lipinski definition) is 4. The van der Waals surface area contributed by atoms with Gasteiger partial charge in [0.15, 0.2) is 5.13 Å². The fourth-order valence-electron chi connectivity index (χ4n) is 3.04. The fraction of sp³-hybridized carbons (Fsp3) is 0.545. The Bertz CT molecular complexity index is 535. The molecule has 3 atom stereocenters. The number of thiazole rings is 1. The number of carboxylic acids is 1. The molecule has 1 aromatic heterocycles. The van der Waals surface area contributed by atoms with Gasteiger partial charge in [-0.25, -0.2) is 9.78 Å². The van der Waals surface area contributed by atoms with E-state index in [9.17, 15) is 9.59 Å². The van der Waals surface area contributed by atoms with E-state index >= 15 is 0 Å². The Morgan fingerprint density at radius 1 is 1.53 bits per heavy atom. The van der Waals surface area contributed by atoms with E-state index in [0.29, 0.717) is 11.6 Å². The fourth-order valence-corrected chi connectivity index (χ4v) is 4.14. The van der Waals surface area contributed by atoms with Gasteiger partial charge in [-0.2, -0.15) is 0 Å². The molecule has 1 aromatic rings. The summed E-state index contributed by atoms with van der Waals surface area (Å²) in [5.74, 6) is -1.23. The molecule has 0 radical (unpaired) electrons. The standard InChI is InChI=1S/C11H12BrN3O3S/c12-8-4-13-10(19-8)14-11(18)15-5-1-2-7(15)6(3-5)9(16)17/h4-7H,1-3H2,(H,16,17)(H,13,14,18). The number of halogens is 1. The van der Waals surface area contributed by atoms with Crippen LogP contribution in [0, 0.1) is 5.92 Å². The van der Waals surface area contributed by atoms with Gasteiger partial charge >= 0.3 is 12.0 Å². The molecule has 2 bridgehead atoms. The van der Waals surface area contributed by atoms with Gasteiger partial charge in [0, 0.05) is 12.1 Å². The average Bonchev–Trinajstić information content (AvgIpc) is 3.02. The van der Waals surface area contributed by atoms with E-state index in [0.717, 1.165) is 16.6 Å². The van der Waals surface area contributed by atoms with Crippen LogP contribution in [0.3, 0.4) is 0 Å². The summed E-state index contributed by atoms with van der Waals surface area (Å²) < 4.78 is 0.843. The van der Waals surface area contributed by atoms with Gasteiger partial charge in [-0.1, -0.05) is 11.3 Å². The summed E-state index contributed by atoms with van der Waals surface area (Å²) in [6, 6.07) is -0.362. The Kier molecular flexibility index (Phi) is 3.22. The third-order valence-electron chi connectivity index (χ3n) is 3.78. The molecule has 2 amide bonds. The summed E-state index contributed by atoms with van der Waals surface area (Å²) in [5.41, 5.74) is 0.